The molecular weight excluding hydrogens is 244 g/mol. The fraction of sp³-hybridized carbons (Fsp3) is 0.143. The third kappa shape index (κ3) is 2.07. The molecule has 0 aliphatic carbocycles. The molecule has 0 unspecified atom stereocenters. The lowest BCUT2D eigenvalue weighted by molar-refractivity contribution is 0.101. The van der Waals surface area contributed by atoms with E-state index in [0.717, 1.165) is 16.1 Å². The normalized spacial score (nSPS) is 10.9. The zero-order valence-electron chi connectivity index (χ0n) is 9.96. The van der Waals surface area contributed by atoms with E-state index in [1.807, 2.05) is 41.2 Å². The van der Waals surface area contributed by atoms with Crippen molar-refractivity contribution in [2.24, 2.45) is 0 Å². The Bertz CT molecular complexity index is 678. The van der Waals surface area contributed by atoms with Gasteiger partial charge >= 0.3 is 0 Å². The molecule has 0 amide bonds. The number of carbonyl (C=O) groups is 1. The van der Waals surface area contributed by atoms with Crippen LogP contribution in [0.5, 0.6) is 0 Å². The molecule has 4 heteroatoms. The topological polar surface area (TPSA) is 34.9 Å². The lowest BCUT2D eigenvalue weighted by atomic mass is 10.2. The van der Waals surface area contributed by atoms with Crippen molar-refractivity contribution in [1.29, 1.82) is 0 Å². The van der Waals surface area contributed by atoms with Gasteiger partial charge in [0.15, 0.2) is 5.78 Å². The van der Waals surface area contributed by atoms with Gasteiger partial charge in [0, 0.05) is 18.0 Å². The minimum Gasteiger partial charge on any atom is -0.347 e. The van der Waals surface area contributed by atoms with Crippen LogP contribution in [-0.2, 0) is 6.54 Å². The van der Waals surface area contributed by atoms with E-state index in [0.29, 0.717) is 6.54 Å². The summed E-state index contributed by atoms with van der Waals surface area (Å²) in [5.41, 5.74) is 1.78. The summed E-state index contributed by atoms with van der Waals surface area (Å²) >= 11 is 1.69. The molecule has 0 spiro atoms. The molecule has 0 bridgehead atoms. The molecule has 0 aliphatic rings. The molecular formula is C14H12N2OS. The van der Waals surface area contributed by atoms with Crippen molar-refractivity contribution in [1.82, 2.24) is 9.55 Å². The van der Waals surface area contributed by atoms with E-state index in [1.165, 1.54) is 4.70 Å². The first-order valence-corrected chi connectivity index (χ1v) is 6.55. The maximum Gasteiger partial charge on any atom is 0.161 e. The molecule has 3 rings (SSSR count). The Morgan fingerprint density at radius 2 is 2.17 bits per heavy atom. The number of rotatable bonds is 3. The maximum atomic E-state index is 11.2. The molecule has 0 N–H and O–H groups in total. The van der Waals surface area contributed by atoms with E-state index in [4.69, 9.17) is 0 Å². The highest BCUT2D eigenvalue weighted by atomic mass is 32.1. The number of aromatic nitrogens is 2. The molecule has 1 aromatic carbocycles. The quantitative estimate of drug-likeness (QED) is 0.674. The third-order valence-corrected chi connectivity index (χ3v) is 3.83. The van der Waals surface area contributed by atoms with Crippen molar-refractivity contribution in [3.8, 4) is 0 Å². The van der Waals surface area contributed by atoms with Gasteiger partial charge < -0.3 is 4.57 Å². The molecule has 0 radical (unpaired) electrons. The number of Topliss-reactive ketones (excluding diaryl/α,β-unsaturated/α-hetero) is 1. The standard InChI is InChI=1S/C14H12N2OS/c1-10(17)11-6-7-16(8-11)9-14-15-12-4-2-3-5-13(12)18-14/h2-8H,9H2,1H3. The largest absolute Gasteiger partial charge is 0.347 e. The second-order valence-corrected chi connectivity index (χ2v) is 5.32. The summed E-state index contributed by atoms with van der Waals surface area (Å²) in [6, 6.07) is 9.96. The molecule has 0 atom stereocenters. The predicted octanol–water partition coefficient (Wildman–Crippen LogP) is 3.35. The van der Waals surface area contributed by atoms with Crippen LogP contribution in [0.2, 0.25) is 0 Å². The van der Waals surface area contributed by atoms with Crippen LogP contribution < -0.4 is 0 Å². The van der Waals surface area contributed by atoms with Gasteiger partial charge in [-0.05, 0) is 25.1 Å². The van der Waals surface area contributed by atoms with Crippen molar-refractivity contribution in [3.63, 3.8) is 0 Å². The van der Waals surface area contributed by atoms with Crippen molar-refractivity contribution < 1.29 is 4.79 Å². The van der Waals surface area contributed by atoms with Crippen LogP contribution in [0, 0.1) is 0 Å². The number of fused-ring (bicyclic) bond motifs is 1. The molecule has 0 saturated heterocycles. The summed E-state index contributed by atoms with van der Waals surface area (Å²) in [6.07, 6.45) is 3.79. The monoisotopic (exact) mass is 256 g/mol. The van der Waals surface area contributed by atoms with Crippen LogP contribution in [0.3, 0.4) is 0 Å². The highest BCUT2D eigenvalue weighted by Crippen LogP contribution is 2.22. The SMILES string of the molecule is CC(=O)c1ccn(Cc2nc3ccccc3s2)c1. The Labute approximate surface area is 109 Å². The summed E-state index contributed by atoms with van der Waals surface area (Å²) in [5, 5.41) is 1.06. The second-order valence-electron chi connectivity index (χ2n) is 4.20. The number of carbonyl (C=O) groups excluding carboxylic acids is 1. The van der Waals surface area contributed by atoms with Gasteiger partial charge in [-0.15, -0.1) is 11.3 Å². The van der Waals surface area contributed by atoms with Crippen LogP contribution in [-0.4, -0.2) is 15.3 Å². The minimum absolute atomic E-state index is 0.0954. The van der Waals surface area contributed by atoms with Crippen molar-refractivity contribution in [2.75, 3.05) is 0 Å². The molecule has 18 heavy (non-hydrogen) atoms. The molecule has 2 heterocycles. The summed E-state index contributed by atoms with van der Waals surface area (Å²) in [4.78, 5) is 15.8. The van der Waals surface area contributed by atoms with E-state index in [1.54, 1.807) is 18.3 Å². The number of hydrogen-bond acceptors (Lipinski definition) is 3. The number of nitrogens with zero attached hydrogens (tertiary/aromatic N) is 2. The van der Waals surface area contributed by atoms with Crippen molar-refractivity contribution >= 4 is 27.3 Å². The first kappa shape index (κ1) is 11.2. The van der Waals surface area contributed by atoms with Crippen LogP contribution in [0.15, 0.2) is 42.7 Å². The smallest absolute Gasteiger partial charge is 0.161 e. The molecule has 0 saturated carbocycles. The van der Waals surface area contributed by atoms with Gasteiger partial charge in [0.1, 0.15) is 5.01 Å². The number of benzene rings is 1. The fourth-order valence-electron chi connectivity index (χ4n) is 1.89. The second kappa shape index (κ2) is 4.38. The minimum atomic E-state index is 0.0954. The summed E-state index contributed by atoms with van der Waals surface area (Å²) in [6.45, 7) is 2.30. The zero-order valence-corrected chi connectivity index (χ0v) is 10.8. The Morgan fingerprint density at radius 3 is 2.89 bits per heavy atom. The van der Waals surface area contributed by atoms with Gasteiger partial charge in [0.25, 0.3) is 0 Å². The molecule has 2 aromatic heterocycles. The lowest BCUT2D eigenvalue weighted by Crippen LogP contribution is -1.96. The molecule has 90 valence electrons. The lowest BCUT2D eigenvalue weighted by Gasteiger charge is -1.97. The van der Waals surface area contributed by atoms with E-state index >= 15 is 0 Å². The van der Waals surface area contributed by atoms with Crippen molar-refractivity contribution in [3.05, 3.63) is 53.3 Å². The van der Waals surface area contributed by atoms with Crippen molar-refractivity contribution in [2.45, 2.75) is 13.5 Å². The van der Waals surface area contributed by atoms with Gasteiger partial charge in [0.2, 0.25) is 0 Å². The third-order valence-electron chi connectivity index (χ3n) is 2.81. The Balaban J connectivity index is 1.88. The average molecular weight is 256 g/mol. The van der Waals surface area contributed by atoms with Crippen LogP contribution >= 0.6 is 11.3 Å². The molecule has 0 aliphatic heterocycles. The number of hydrogen-bond donors (Lipinski definition) is 0. The molecule has 3 aromatic rings. The van der Waals surface area contributed by atoms with E-state index in [9.17, 15) is 4.79 Å². The highest BCUT2D eigenvalue weighted by molar-refractivity contribution is 7.18. The number of ketones is 1. The Morgan fingerprint density at radius 1 is 1.33 bits per heavy atom. The average Bonchev–Trinajstić information content (AvgIpc) is 2.94. The van der Waals surface area contributed by atoms with Crippen LogP contribution in [0.25, 0.3) is 10.2 Å². The van der Waals surface area contributed by atoms with E-state index in [-0.39, 0.29) is 5.78 Å². The maximum absolute atomic E-state index is 11.2. The first-order valence-electron chi connectivity index (χ1n) is 5.73. The Hall–Kier alpha value is -1.94. The van der Waals surface area contributed by atoms with E-state index < -0.39 is 0 Å². The van der Waals surface area contributed by atoms with Gasteiger partial charge in [0.05, 0.1) is 16.8 Å². The van der Waals surface area contributed by atoms with Gasteiger partial charge in [-0.2, -0.15) is 0 Å². The molecule has 0 fully saturated rings. The first-order chi connectivity index (χ1) is 8.72. The number of para-hydroxylation sites is 1. The highest BCUT2D eigenvalue weighted by Gasteiger charge is 2.05. The van der Waals surface area contributed by atoms with Crippen LogP contribution in [0.1, 0.15) is 22.3 Å². The Kier molecular flexibility index (Phi) is 2.72. The zero-order chi connectivity index (χ0) is 12.5. The number of thiazole rings is 1. The van der Waals surface area contributed by atoms with E-state index in [2.05, 4.69) is 11.1 Å². The molecule has 3 nitrogen and oxygen atoms in total. The fourth-order valence-corrected chi connectivity index (χ4v) is 2.87. The summed E-state index contributed by atoms with van der Waals surface area (Å²) in [7, 11) is 0. The van der Waals surface area contributed by atoms with Crippen LogP contribution in [0.4, 0.5) is 0 Å². The van der Waals surface area contributed by atoms with Gasteiger partial charge in [-0.25, -0.2) is 4.98 Å². The summed E-state index contributed by atoms with van der Waals surface area (Å²) < 4.78 is 3.19. The predicted molar refractivity (Wildman–Crippen MR) is 73.2 cm³/mol. The van der Waals surface area contributed by atoms with Gasteiger partial charge in [-0.3, -0.25) is 4.79 Å². The summed E-state index contributed by atoms with van der Waals surface area (Å²) in [5.74, 6) is 0.0954. The van der Waals surface area contributed by atoms with Gasteiger partial charge in [-0.1, -0.05) is 12.1 Å².